The molecular formula is C15H20N4O2. The molecule has 0 radical (unpaired) electrons. The third-order valence-corrected chi connectivity index (χ3v) is 4.26. The van der Waals surface area contributed by atoms with Crippen molar-refractivity contribution in [2.24, 2.45) is 12.5 Å². The average Bonchev–Trinajstić information content (AvgIpc) is 3.18. The summed E-state index contributed by atoms with van der Waals surface area (Å²) in [6.07, 6.45) is 1.95. The highest BCUT2D eigenvalue weighted by atomic mass is 16.3. The molecule has 0 spiro atoms. The molecule has 0 aromatic carbocycles. The summed E-state index contributed by atoms with van der Waals surface area (Å²) in [6, 6.07) is 1.80. The van der Waals surface area contributed by atoms with E-state index in [0.717, 1.165) is 35.3 Å². The maximum absolute atomic E-state index is 12.5. The largest absolute Gasteiger partial charge is 0.396 e. The first-order valence-corrected chi connectivity index (χ1v) is 7.16. The number of aromatic nitrogens is 3. The van der Waals surface area contributed by atoms with Gasteiger partial charge in [0.15, 0.2) is 5.65 Å². The molecule has 112 valence electrons. The summed E-state index contributed by atoms with van der Waals surface area (Å²) >= 11 is 0. The van der Waals surface area contributed by atoms with Gasteiger partial charge in [-0.1, -0.05) is 0 Å². The fraction of sp³-hybridized carbons (Fsp3) is 0.533. The van der Waals surface area contributed by atoms with Crippen molar-refractivity contribution < 1.29 is 9.90 Å². The van der Waals surface area contributed by atoms with Crippen molar-refractivity contribution in [1.82, 2.24) is 20.1 Å². The number of nitrogens with zero attached hydrogens (tertiary/aromatic N) is 3. The maximum Gasteiger partial charge on any atom is 0.252 e. The smallest absolute Gasteiger partial charge is 0.252 e. The minimum Gasteiger partial charge on any atom is -0.396 e. The van der Waals surface area contributed by atoms with Gasteiger partial charge in [0.05, 0.1) is 23.3 Å². The highest BCUT2D eigenvalue weighted by molar-refractivity contribution is 6.06. The number of carbonyl (C=O) groups excluding carboxylic acids is 1. The molecule has 1 fully saturated rings. The Bertz CT molecular complexity index is 716. The quantitative estimate of drug-likeness (QED) is 0.882. The van der Waals surface area contributed by atoms with Crippen LogP contribution in [0.1, 0.15) is 34.6 Å². The minimum atomic E-state index is -0.124. The van der Waals surface area contributed by atoms with Gasteiger partial charge in [-0.05, 0) is 32.8 Å². The van der Waals surface area contributed by atoms with Gasteiger partial charge in [0.2, 0.25) is 0 Å². The van der Waals surface area contributed by atoms with Crippen molar-refractivity contribution in [3.8, 4) is 0 Å². The number of carbonyl (C=O) groups is 1. The predicted octanol–water partition coefficient (Wildman–Crippen LogP) is 1.09. The van der Waals surface area contributed by atoms with Crippen molar-refractivity contribution in [1.29, 1.82) is 0 Å². The lowest BCUT2D eigenvalue weighted by molar-refractivity contribution is 0.0936. The van der Waals surface area contributed by atoms with Crippen LogP contribution in [0.3, 0.4) is 0 Å². The van der Waals surface area contributed by atoms with Gasteiger partial charge >= 0.3 is 0 Å². The Morgan fingerprint density at radius 1 is 1.48 bits per heavy atom. The van der Waals surface area contributed by atoms with E-state index >= 15 is 0 Å². The topological polar surface area (TPSA) is 80.0 Å². The Kier molecular flexibility index (Phi) is 3.20. The zero-order valence-corrected chi connectivity index (χ0v) is 12.6. The number of nitrogens with one attached hydrogen (secondary N) is 1. The van der Waals surface area contributed by atoms with Crippen LogP contribution in [0.4, 0.5) is 0 Å². The van der Waals surface area contributed by atoms with Crippen molar-refractivity contribution in [2.45, 2.75) is 26.7 Å². The monoisotopic (exact) mass is 288 g/mol. The molecule has 2 aromatic rings. The molecular weight excluding hydrogens is 268 g/mol. The van der Waals surface area contributed by atoms with E-state index in [1.807, 2.05) is 20.9 Å². The van der Waals surface area contributed by atoms with Crippen molar-refractivity contribution in [2.75, 3.05) is 13.2 Å². The standard InChI is InChI=1S/C15H20N4O2/c1-9-6-11(12-10(2)18-19(3)13(12)17-9)14(21)16-7-15(8-20)4-5-15/h6,20H,4-5,7-8H2,1-3H3,(H,16,21). The molecule has 1 amide bonds. The summed E-state index contributed by atoms with van der Waals surface area (Å²) < 4.78 is 1.70. The highest BCUT2D eigenvalue weighted by Crippen LogP contribution is 2.44. The van der Waals surface area contributed by atoms with Crippen LogP contribution in [0, 0.1) is 19.3 Å². The fourth-order valence-electron chi connectivity index (χ4n) is 2.68. The van der Waals surface area contributed by atoms with Crippen LogP contribution in [0.2, 0.25) is 0 Å². The Labute approximate surface area is 123 Å². The molecule has 1 saturated carbocycles. The lowest BCUT2D eigenvalue weighted by atomic mass is 10.1. The molecule has 6 heteroatoms. The molecule has 0 saturated heterocycles. The van der Waals surface area contributed by atoms with Gasteiger partial charge in [-0.15, -0.1) is 0 Å². The van der Waals surface area contributed by atoms with Crippen LogP contribution in [-0.4, -0.2) is 38.9 Å². The number of aliphatic hydroxyl groups is 1. The minimum absolute atomic E-state index is 0.0964. The molecule has 2 heterocycles. The predicted molar refractivity (Wildman–Crippen MR) is 79.1 cm³/mol. The maximum atomic E-state index is 12.5. The van der Waals surface area contributed by atoms with E-state index in [1.54, 1.807) is 10.7 Å². The van der Waals surface area contributed by atoms with E-state index in [1.165, 1.54) is 0 Å². The second-order valence-electron chi connectivity index (χ2n) is 6.06. The Balaban J connectivity index is 1.94. The molecule has 1 aliphatic carbocycles. The molecule has 2 aromatic heterocycles. The van der Waals surface area contributed by atoms with Crippen LogP contribution in [0.15, 0.2) is 6.07 Å². The molecule has 6 nitrogen and oxygen atoms in total. The second-order valence-corrected chi connectivity index (χ2v) is 6.06. The summed E-state index contributed by atoms with van der Waals surface area (Å²) in [5.74, 6) is -0.124. The molecule has 0 atom stereocenters. The first-order chi connectivity index (χ1) is 9.96. The molecule has 21 heavy (non-hydrogen) atoms. The number of aliphatic hydroxyl groups excluding tert-OH is 1. The summed E-state index contributed by atoms with van der Waals surface area (Å²) in [7, 11) is 1.83. The first-order valence-electron chi connectivity index (χ1n) is 7.16. The molecule has 1 aliphatic rings. The van der Waals surface area contributed by atoms with E-state index in [0.29, 0.717) is 12.1 Å². The summed E-state index contributed by atoms with van der Waals surface area (Å²) in [4.78, 5) is 17.0. The van der Waals surface area contributed by atoms with Gasteiger partial charge in [-0.25, -0.2) is 4.98 Å². The first kappa shape index (κ1) is 14.0. The van der Waals surface area contributed by atoms with Gasteiger partial charge in [0, 0.05) is 24.7 Å². The van der Waals surface area contributed by atoms with E-state index in [2.05, 4.69) is 15.4 Å². The third kappa shape index (κ3) is 2.40. The van der Waals surface area contributed by atoms with E-state index in [-0.39, 0.29) is 17.9 Å². The molecule has 3 rings (SSSR count). The van der Waals surface area contributed by atoms with Gasteiger partial charge in [0.25, 0.3) is 5.91 Å². The SMILES string of the molecule is Cc1cc(C(=O)NCC2(CO)CC2)c2c(C)nn(C)c2n1. The van der Waals surface area contributed by atoms with Gasteiger partial charge in [-0.2, -0.15) is 5.10 Å². The van der Waals surface area contributed by atoms with Gasteiger partial charge in [-0.3, -0.25) is 9.48 Å². The third-order valence-electron chi connectivity index (χ3n) is 4.26. The van der Waals surface area contributed by atoms with Crippen LogP contribution >= 0.6 is 0 Å². The van der Waals surface area contributed by atoms with Gasteiger partial charge < -0.3 is 10.4 Å². The van der Waals surface area contributed by atoms with E-state index in [9.17, 15) is 9.90 Å². The van der Waals surface area contributed by atoms with Gasteiger partial charge in [0.1, 0.15) is 0 Å². The number of aryl methyl sites for hydroxylation is 3. The number of amides is 1. The van der Waals surface area contributed by atoms with Crippen LogP contribution in [0.5, 0.6) is 0 Å². The zero-order valence-electron chi connectivity index (χ0n) is 12.6. The number of hydrogen-bond acceptors (Lipinski definition) is 4. The lowest BCUT2D eigenvalue weighted by Gasteiger charge is -2.13. The average molecular weight is 288 g/mol. The number of pyridine rings is 1. The zero-order chi connectivity index (χ0) is 15.2. The molecule has 2 N–H and O–H groups in total. The highest BCUT2D eigenvalue weighted by Gasteiger charge is 2.42. The van der Waals surface area contributed by atoms with Crippen molar-refractivity contribution >= 4 is 16.9 Å². The van der Waals surface area contributed by atoms with Crippen molar-refractivity contribution in [3.05, 3.63) is 23.0 Å². The fourth-order valence-corrected chi connectivity index (χ4v) is 2.68. The summed E-state index contributed by atoms with van der Waals surface area (Å²) in [6.45, 7) is 4.40. The number of fused-ring (bicyclic) bond motifs is 1. The Morgan fingerprint density at radius 3 is 2.81 bits per heavy atom. The van der Waals surface area contributed by atoms with E-state index < -0.39 is 0 Å². The van der Waals surface area contributed by atoms with Crippen LogP contribution in [-0.2, 0) is 7.05 Å². The molecule has 0 unspecified atom stereocenters. The lowest BCUT2D eigenvalue weighted by Crippen LogP contribution is -2.32. The van der Waals surface area contributed by atoms with Crippen LogP contribution in [0.25, 0.3) is 11.0 Å². The Hall–Kier alpha value is -1.95. The second kappa shape index (κ2) is 4.80. The normalized spacial score (nSPS) is 16.2. The number of hydrogen-bond donors (Lipinski definition) is 2. The molecule has 0 aliphatic heterocycles. The number of rotatable bonds is 4. The molecule has 0 bridgehead atoms. The van der Waals surface area contributed by atoms with Crippen molar-refractivity contribution in [3.63, 3.8) is 0 Å². The van der Waals surface area contributed by atoms with Crippen LogP contribution < -0.4 is 5.32 Å². The Morgan fingerprint density at radius 2 is 2.19 bits per heavy atom. The summed E-state index contributed by atoms with van der Waals surface area (Å²) in [5.41, 5.74) is 2.83. The van der Waals surface area contributed by atoms with E-state index in [4.69, 9.17) is 0 Å². The summed E-state index contributed by atoms with van der Waals surface area (Å²) in [5, 5.41) is 17.4.